The molecule has 0 aliphatic carbocycles. The van der Waals surface area contributed by atoms with Gasteiger partial charge in [-0.05, 0) is 6.07 Å². The Hall–Kier alpha value is -1.29. The van der Waals surface area contributed by atoms with E-state index >= 15 is 0 Å². The van der Waals surface area contributed by atoms with E-state index in [1.807, 2.05) is 0 Å². The van der Waals surface area contributed by atoms with E-state index in [1.54, 1.807) is 0 Å². The van der Waals surface area contributed by atoms with Crippen LogP contribution in [0.15, 0.2) is 12.1 Å². The highest BCUT2D eigenvalue weighted by Gasteiger charge is 2.08. The van der Waals surface area contributed by atoms with Crippen LogP contribution in [-0.2, 0) is 6.54 Å². The molecule has 1 rings (SSSR count). The molecule has 3 N–H and O–H groups in total. The van der Waals surface area contributed by atoms with E-state index in [9.17, 15) is 4.39 Å². The van der Waals surface area contributed by atoms with Crippen LogP contribution in [0, 0.1) is 5.82 Å². The number of benzene rings is 1. The van der Waals surface area contributed by atoms with Gasteiger partial charge >= 0.3 is 0 Å². The van der Waals surface area contributed by atoms with Crippen LogP contribution in [-0.4, -0.2) is 12.2 Å². The number of halogens is 1. The molecular formula is C8H10FNO2. The molecule has 0 amide bonds. The summed E-state index contributed by atoms with van der Waals surface area (Å²) in [6, 6.07) is 2.66. The van der Waals surface area contributed by atoms with Crippen molar-refractivity contribution in [2.45, 2.75) is 6.54 Å². The average molecular weight is 171 g/mol. The molecule has 0 spiro atoms. The number of ether oxygens (including phenoxy) is 1. The summed E-state index contributed by atoms with van der Waals surface area (Å²) in [5.74, 6) is -0.720. The van der Waals surface area contributed by atoms with Crippen LogP contribution >= 0.6 is 0 Å². The van der Waals surface area contributed by atoms with Gasteiger partial charge in [0.2, 0.25) is 0 Å². The number of rotatable bonds is 2. The monoisotopic (exact) mass is 171 g/mol. The lowest BCUT2D eigenvalue weighted by molar-refractivity contribution is 0.394. The molecule has 0 aliphatic heterocycles. The smallest absolute Gasteiger partial charge is 0.169 e. The standard InChI is InChI=1S/C8H10FNO2/c1-12-6-2-5(4-10)8(9)7(11)3-6/h2-3,11H,4,10H2,1H3. The number of phenolic OH excluding ortho intramolecular Hbond substituents is 1. The largest absolute Gasteiger partial charge is 0.505 e. The quantitative estimate of drug-likeness (QED) is 0.697. The first kappa shape index (κ1) is 8.80. The van der Waals surface area contributed by atoms with Gasteiger partial charge in [-0.2, -0.15) is 0 Å². The normalized spacial score (nSPS) is 9.92. The van der Waals surface area contributed by atoms with Crippen LogP contribution in [0.2, 0.25) is 0 Å². The van der Waals surface area contributed by atoms with Crippen LogP contribution in [0.5, 0.6) is 11.5 Å². The first-order valence-corrected chi connectivity index (χ1v) is 3.44. The van der Waals surface area contributed by atoms with Crippen molar-refractivity contribution in [1.82, 2.24) is 0 Å². The summed E-state index contributed by atoms with van der Waals surface area (Å²) in [7, 11) is 1.44. The Morgan fingerprint density at radius 1 is 1.58 bits per heavy atom. The third kappa shape index (κ3) is 1.48. The fourth-order valence-electron chi connectivity index (χ4n) is 0.906. The maximum Gasteiger partial charge on any atom is 0.169 e. The summed E-state index contributed by atoms with van der Waals surface area (Å²) in [6.07, 6.45) is 0. The fraction of sp³-hybridized carbons (Fsp3) is 0.250. The topological polar surface area (TPSA) is 55.5 Å². The van der Waals surface area contributed by atoms with Gasteiger partial charge in [-0.3, -0.25) is 0 Å². The van der Waals surface area contributed by atoms with Crippen molar-refractivity contribution >= 4 is 0 Å². The van der Waals surface area contributed by atoms with Crippen molar-refractivity contribution in [1.29, 1.82) is 0 Å². The molecule has 0 unspecified atom stereocenters. The molecule has 0 heterocycles. The Balaban J connectivity index is 3.19. The summed E-state index contributed by atoms with van der Waals surface area (Å²) >= 11 is 0. The van der Waals surface area contributed by atoms with E-state index < -0.39 is 11.6 Å². The summed E-state index contributed by atoms with van der Waals surface area (Å²) in [5, 5.41) is 9.03. The van der Waals surface area contributed by atoms with Gasteiger partial charge in [0.25, 0.3) is 0 Å². The van der Waals surface area contributed by atoms with E-state index in [-0.39, 0.29) is 12.1 Å². The van der Waals surface area contributed by atoms with Crippen LogP contribution < -0.4 is 10.5 Å². The Bertz CT molecular complexity index is 289. The minimum atomic E-state index is -0.682. The number of aromatic hydroxyl groups is 1. The minimum absolute atomic E-state index is 0.0383. The van der Waals surface area contributed by atoms with Gasteiger partial charge in [-0.1, -0.05) is 0 Å². The van der Waals surface area contributed by atoms with Crippen molar-refractivity contribution in [3.63, 3.8) is 0 Å². The molecule has 1 aromatic rings. The van der Waals surface area contributed by atoms with Crippen LogP contribution in [0.1, 0.15) is 5.56 Å². The molecule has 12 heavy (non-hydrogen) atoms. The molecule has 66 valence electrons. The molecule has 0 saturated carbocycles. The van der Waals surface area contributed by atoms with Gasteiger partial charge in [0.1, 0.15) is 5.75 Å². The Kier molecular flexibility index (Phi) is 2.50. The Morgan fingerprint density at radius 2 is 2.25 bits per heavy atom. The van der Waals surface area contributed by atoms with Crippen LogP contribution in [0.4, 0.5) is 4.39 Å². The maximum atomic E-state index is 12.9. The summed E-state index contributed by atoms with van der Waals surface area (Å²) < 4.78 is 17.7. The fourth-order valence-corrected chi connectivity index (χ4v) is 0.906. The zero-order valence-electron chi connectivity index (χ0n) is 6.67. The predicted molar refractivity (Wildman–Crippen MR) is 42.5 cm³/mol. The van der Waals surface area contributed by atoms with Gasteiger partial charge < -0.3 is 15.6 Å². The third-order valence-corrected chi connectivity index (χ3v) is 1.56. The number of hydrogen-bond acceptors (Lipinski definition) is 3. The molecule has 0 saturated heterocycles. The highest BCUT2D eigenvalue weighted by Crippen LogP contribution is 2.25. The number of nitrogens with two attached hydrogens (primary N) is 1. The third-order valence-electron chi connectivity index (χ3n) is 1.56. The molecular weight excluding hydrogens is 161 g/mol. The lowest BCUT2D eigenvalue weighted by Gasteiger charge is -2.05. The van der Waals surface area contributed by atoms with Gasteiger partial charge in [0.15, 0.2) is 11.6 Å². The molecule has 0 aliphatic rings. The predicted octanol–water partition coefficient (Wildman–Crippen LogP) is 0.999. The Labute approximate surface area is 69.6 Å². The highest BCUT2D eigenvalue weighted by molar-refractivity contribution is 5.39. The lowest BCUT2D eigenvalue weighted by Crippen LogP contribution is -2.00. The molecule has 1 aromatic carbocycles. The van der Waals surface area contributed by atoms with Crippen molar-refractivity contribution < 1.29 is 14.2 Å². The first-order valence-electron chi connectivity index (χ1n) is 3.44. The van der Waals surface area contributed by atoms with Crippen LogP contribution in [0.3, 0.4) is 0 Å². The van der Waals surface area contributed by atoms with Gasteiger partial charge in [0.05, 0.1) is 7.11 Å². The van der Waals surface area contributed by atoms with Gasteiger partial charge in [0, 0.05) is 18.2 Å². The highest BCUT2D eigenvalue weighted by atomic mass is 19.1. The minimum Gasteiger partial charge on any atom is -0.505 e. The zero-order chi connectivity index (χ0) is 9.14. The molecule has 4 heteroatoms. The molecule has 0 aromatic heterocycles. The van der Waals surface area contributed by atoms with E-state index in [0.717, 1.165) is 0 Å². The number of methoxy groups -OCH3 is 1. The number of phenols is 1. The van der Waals surface area contributed by atoms with E-state index in [4.69, 9.17) is 15.6 Å². The van der Waals surface area contributed by atoms with E-state index in [1.165, 1.54) is 19.2 Å². The second-order valence-corrected chi connectivity index (χ2v) is 2.32. The van der Waals surface area contributed by atoms with Crippen molar-refractivity contribution in [3.05, 3.63) is 23.5 Å². The summed E-state index contributed by atoms with van der Waals surface area (Å²) in [6.45, 7) is 0.0383. The maximum absolute atomic E-state index is 12.9. The molecule has 0 bridgehead atoms. The second kappa shape index (κ2) is 3.40. The van der Waals surface area contributed by atoms with E-state index in [2.05, 4.69) is 0 Å². The SMILES string of the molecule is COc1cc(O)c(F)c(CN)c1. The molecule has 3 nitrogen and oxygen atoms in total. The first-order chi connectivity index (χ1) is 5.69. The summed E-state index contributed by atoms with van der Waals surface area (Å²) in [4.78, 5) is 0. The van der Waals surface area contributed by atoms with Crippen molar-refractivity contribution in [2.24, 2.45) is 5.73 Å². The van der Waals surface area contributed by atoms with Gasteiger partial charge in [-0.15, -0.1) is 0 Å². The zero-order valence-corrected chi connectivity index (χ0v) is 6.67. The second-order valence-electron chi connectivity index (χ2n) is 2.32. The lowest BCUT2D eigenvalue weighted by atomic mass is 10.2. The summed E-state index contributed by atoms with van der Waals surface area (Å²) in [5.41, 5.74) is 5.48. The molecule has 0 atom stereocenters. The molecule has 0 radical (unpaired) electrons. The molecule has 0 fully saturated rings. The van der Waals surface area contributed by atoms with Crippen LogP contribution in [0.25, 0.3) is 0 Å². The van der Waals surface area contributed by atoms with Gasteiger partial charge in [-0.25, -0.2) is 4.39 Å². The Morgan fingerprint density at radius 3 is 2.75 bits per heavy atom. The van der Waals surface area contributed by atoms with Crippen molar-refractivity contribution in [3.8, 4) is 11.5 Å². The van der Waals surface area contributed by atoms with Crippen molar-refractivity contribution in [2.75, 3.05) is 7.11 Å². The van der Waals surface area contributed by atoms with E-state index in [0.29, 0.717) is 5.75 Å². The average Bonchev–Trinajstić information content (AvgIpc) is 2.09. The number of hydrogen-bond donors (Lipinski definition) is 2.